The number of hydrogen-bond donors (Lipinski definition) is 1. The standard InChI is InChI=1S/C21H26N2O5S/c1-21(2)13-18(17-11-10-16(27-3)12-19(17)28-21)22-20(24)14-23(29(4,25)26)15-8-6-5-7-9-15/h5-12,18H,13-14H2,1-4H3,(H,22,24). The molecule has 1 atom stereocenters. The van der Waals surface area contributed by atoms with E-state index in [0.29, 0.717) is 23.6 Å². The van der Waals surface area contributed by atoms with E-state index < -0.39 is 15.6 Å². The first-order valence-electron chi connectivity index (χ1n) is 9.28. The molecule has 0 fully saturated rings. The first-order valence-corrected chi connectivity index (χ1v) is 11.1. The van der Waals surface area contributed by atoms with Crippen molar-refractivity contribution in [2.75, 3.05) is 24.2 Å². The van der Waals surface area contributed by atoms with Crippen LogP contribution in [0.2, 0.25) is 0 Å². The van der Waals surface area contributed by atoms with Crippen molar-refractivity contribution in [3.8, 4) is 11.5 Å². The Morgan fingerprint density at radius 1 is 1.24 bits per heavy atom. The lowest BCUT2D eigenvalue weighted by molar-refractivity contribution is -0.120. The van der Waals surface area contributed by atoms with Crippen LogP contribution in [-0.4, -0.2) is 39.8 Å². The Morgan fingerprint density at radius 3 is 2.55 bits per heavy atom. The third-order valence-electron chi connectivity index (χ3n) is 4.75. The van der Waals surface area contributed by atoms with Gasteiger partial charge in [0.1, 0.15) is 23.6 Å². The quantitative estimate of drug-likeness (QED) is 0.780. The summed E-state index contributed by atoms with van der Waals surface area (Å²) in [5.74, 6) is 0.927. The van der Waals surface area contributed by atoms with Gasteiger partial charge in [0.2, 0.25) is 15.9 Å². The van der Waals surface area contributed by atoms with Crippen LogP contribution in [0.1, 0.15) is 31.9 Å². The highest BCUT2D eigenvalue weighted by Gasteiger charge is 2.35. The van der Waals surface area contributed by atoms with Crippen LogP contribution < -0.4 is 19.1 Å². The minimum absolute atomic E-state index is 0.299. The van der Waals surface area contributed by atoms with Gasteiger partial charge in [0.05, 0.1) is 25.1 Å². The summed E-state index contributed by atoms with van der Waals surface area (Å²) in [6, 6.07) is 13.7. The Bertz CT molecular complexity index is 989. The molecule has 2 aromatic carbocycles. The monoisotopic (exact) mass is 418 g/mol. The van der Waals surface area contributed by atoms with Gasteiger partial charge in [0.25, 0.3) is 0 Å². The van der Waals surface area contributed by atoms with Gasteiger partial charge in [-0.3, -0.25) is 9.10 Å². The zero-order chi connectivity index (χ0) is 21.2. The number of sulfonamides is 1. The predicted molar refractivity (Wildman–Crippen MR) is 112 cm³/mol. The first-order chi connectivity index (χ1) is 13.6. The van der Waals surface area contributed by atoms with E-state index in [0.717, 1.165) is 16.1 Å². The Morgan fingerprint density at radius 2 is 1.93 bits per heavy atom. The van der Waals surface area contributed by atoms with Gasteiger partial charge in [-0.2, -0.15) is 0 Å². The number of fused-ring (bicyclic) bond motifs is 1. The van der Waals surface area contributed by atoms with E-state index in [9.17, 15) is 13.2 Å². The third kappa shape index (κ3) is 5.00. The molecule has 1 unspecified atom stereocenters. The molecule has 0 aromatic heterocycles. The lowest BCUT2D eigenvalue weighted by atomic mass is 9.89. The largest absolute Gasteiger partial charge is 0.497 e. The highest BCUT2D eigenvalue weighted by Crippen LogP contribution is 2.41. The van der Waals surface area contributed by atoms with Crippen LogP contribution >= 0.6 is 0 Å². The number of para-hydroxylation sites is 1. The molecule has 1 aliphatic rings. The number of hydrogen-bond acceptors (Lipinski definition) is 5. The number of amides is 1. The summed E-state index contributed by atoms with van der Waals surface area (Å²) in [5.41, 5.74) is 0.791. The summed E-state index contributed by atoms with van der Waals surface area (Å²) in [7, 11) is -2.03. The minimum atomic E-state index is -3.61. The van der Waals surface area contributed by atoms with Gasteiger partial charge >= 0.3 is 0 Å². The Kier molecular flexibility index (Phi) is 5.75. The number of anilines is 1. The fourth-order valence-electron chi connectivity index (χ4n) is 3.45. The van der Waals surface area contributed by atoms with Gasteiger partial charge in [-0.25, -0.2) is 8.42 Å². The van der Waals surface area contributed by atoms with Crippen LogP contribution in [0, 0.1) is 0 Å². The van der Waals surface area contributed by atoms with Crippen LogP contribution in [0.25, 0.3) is 0 Å². The fourth-order valence-corrected chi connectivity index (χ4v) is 4.31. The number of methoxy groups -OCH3 is 1. The van der Waals surface area contributed by atoms with Crippen LogP contribution in [0.15, 0.2) is 48.5 Å². The zero-order valence-electron chi connectivity index (χ0n) is 17.0. The number of benzene rings is 2. The maximum absolute atomic E-state index is 12.8. The van der Waals surface area contributed by atoms with Crippen LogP contribution in [0.3, 0.4) is 0 Å². The summed E-state index contributed by atoms with van der Waals surface area (Å²) in [6.07, 6.45) is 1.65. The average Bonchev–Trinajstić information content (AvgIpc) is 2.64. The van der Waals surface area contributed by atoms with Crippen LogP contribution in [0.4, 0.5) is 5.69 Å². The molecule has 8 heteroatoms. The van der Waals surface area contributed by atoms with Crippen molar-refractivity contribution in [2.45, 2.75) is 31.9 Å². The summed E-state index contributed by atoms with van der Waals surface area (Å²) in [4.78, 5) is 12.8. The zero-order valence-corrected chi connectivity index (χ0v) is 17.8. The molecule has 0 saturated carbocycles. The van der Waals surface area contributed by atoms with Gasteiger partial charge in [-0.1, -0.05) is 18.2 Å². The number of rotatable bonds is 6. The SMILES string of the molecule is COc1ccc2c(c1)OC(C)(C)CC2NC(=O)CN(c1ccccc1)S(C)(=O)=O. The van der Waals surface area contributed by atoms with E-state index in [1.807, 2.05) is 26.0 Å². The van der Waals surface area contributed by atoms with Crippen molar-refractivity contribution in [1.82, 2.24) is 5.32 Å². The highest BCUT2D eigenvalue weighted by molar-refractivity contribution is 7.92. The molecule has 0 bridgehead atoms. The molecule has 7 nitrogen and oxygen atoms in total. The molecule has 0 radical (unpaired) electrons. The summed E-state index contributed by atoms with van der Waals surface area (Å²) >= 11 is 0. The number of carbonyl (C=O) groups is 1. The smallest absolute Gasteiger partial charge is 0.241 e. The highest BCUT2D eigenvalue weighted by atomic mass is 32.2. The molecule has 1 amide bonds. The average molecular weight is 419 g/mol. The fraction of sp³-hybridized carbons (Fsp3) is 0.381. The maximum atomic E-state index is 12.8. The van der Waals surface area contributed by atoms with Gasteiger partial charge < -0.3 is 14.8 Å². The van der Waals surface area contributed by atoms with Crippen molar-refractivity contribution >= 4 is 21.6 Å². The van der Waals surface area contributed by atoms with E-state index in [4.69, 9.17) is 9.47 Å². The molecule has 3 rings (SSSR count). The summed E-state index contributed by atoms with van der Waals surface area (Å²) in [6.45, 7) is 3.59. The molecule has 0 saturated heterocycles. The van der Waals surface area contributed by atoms with E-state index in [1.54, 1.807) is 43.5 Å². The molecule has 2 aromatic rings. The second kappa shape index (κ2) is 7.94. The van der Waals surface area contributed by atoms with Crippen molar-refractivity contribution < 1.29 is 22.7 Å². The van der Waals surface area contributed by atoms with Gasteiger partial charge in [0.15, 0.2) is 0 Å². The number of nitrogens with one attached hydrogen (secondary N) is 1. The van der Waals surface area contributed by atoms with E-state index in [1.165, 1.54) is 0 Å². The van der Waals surface area contributed by atoms with Crippen molar-refractivity contribution in [3.05, 3.63) is 54.1 Å². The van der Waals surface area contributed by atoms with Gasteiger partial charge in [0, 0.05) is 18.1 Å². The second-order valence-corrected chi connectivity index (χ2v) is 9.60. The molecule has 0 spiro atoms. The Hall–Kier alpha value is -2.74. The molecule has 1 aliphatic heterocycles. The number of carbonyl (C=O) groups excluding carboxylic acids is 1. The van der Waals surface area contributed by atoms with Crippen LogP contribution in [-0.2, 0) is 14.8 Å². The lowest BCUT2D eigenvalue weighted by Crippen LogP contribution is -2.45. The van der Waals surface area contributed by atoms with Crippen molar-refractivity contribution in [1.29, 1.82) is 0 Å². The maximum Gasteiger partial charge on any atom is 0.241 e. The van der Waals surface area contributed by atoms with Crippen LogP contribution in [0.5, 0.6) is 11.5 Å². The van der Waals surface area contributed by atoms with Gasteiger partial charge in [-0.05, 0) is 38.1 Å². The summed E-state index contributed by atoms with van der Waals surface area (Å²) < 4.78 is 36.9. The molecule has 156 valence electrons. The third-order valence-corrected chi connectivity index (χ3v) is 5.89. The summed E-state index contributed by atoms with van der Waals surface area (Å²) in [5, 5.41) is 2.97. The number of ether oxygens (including phenoxy) is 2. The molecular formula is C21H26N2O5S. The Labute approximate surface area is 171 Å². The van der Waals surface area contributed by atoms with Crippen molar-refractivity contribution in [3.63, 3.8) is 0 Å². The molecule has 0 aliphatic carbocycles. The molecule has 29 heavy (non-hydrogen) atoms. The molecule has 1 N–H and O–H groups in total. The van der Waals surface area contributed by atoms with E-state index >= 15 is 0 Å². The van der Waals surface area contributed by atoms with Crippen molar-refractivity contribution in [2.24, 2.45) is 0 Å². The predicted octanol–water partition coefficient (Wildman–Crippen LogP) is 2.88. The minimum Gasteiger partial charge on any atom is -0.497 e. The number of nitrogens with zero attached hydrogens (tertiary/aromatic N) is 1. The van der Waals surface area contributed by atoms with E-state index in [2.05, 4.69) is 5.32 Å². The van der Waals surface area contributed by atoms with Gasteiger partial charge in [-0.15, -0.1) is 0 Å². The molecular weight excluding hydrogens is 392 g/mol. The van der Waals surface area contributed by atoms with E-state index in [-0.39, 0.29) is 18.5 Å². The normalized spacial score (nSPS) is 17.6. The second-order valence-electron chi connectivity index (χ2n) is 7.69. The topological polar surface area (TPSA) is 84.9 Å². The molecule has 1 heterocycles. The lowest BCUT2D eigenvalue weighted by Gasteiger charge is -2.38. The Balaban J connectivity index is 1.83. The first kappa shape index (κ1) is 21.0.